The lowest BCUT2D eigenvalue weighted by Gasteiger charge is -2.20. The van der Waals surface area contributed by atoms with Gasteiger partial charge in [-0.05, 0) is 42.2 Å². The second-order valence-corrected chi connectivity index (χ2v) is 9.13. The van der Waals surface area contributed by atoms with E-state index in [0.29, 0.717) is 23.5 Å². The van der Waals surface area contributed by atoms with Crippen LogP contribution in [0.25, 0.3) is 0 Å². The Kier molecular flexibility index (Phi) is 4.38. The molecule has 1 aromatic carbocycles. The molecule has 0 bridgehead atoms. The molecule has 1 saturated heterocycles. The van der Waals surface area contributed by atoms with Gasteiger partial charge in [-0.2, -0.15) is 11.8 Å². The zero-order valence-corrected chi connectivity index (χ0v) is 13.2. The third kappa shape index (κ3) is 3.38. The lowest BCUT2D eigenvalue weighted by molar-refractivity contribution is 0.479. The van der Waals surface area contributed by atoms with Crippen molar-refractivity contribution in [2.45, 2.75) is 18.9 Å². The number of hydrogen-bond donors (Lipinski definition) is 1. The zero-order valence-electron chi connectivity index (χ0n) is 11.5. The fraction of sp³-hybridized carbons (Fsp3) is 0.600. The minimum absolute atomic E-state index is 0.292. The minimum atomic E-state index is -2.76. The fourth-order valence-electron chi connectivity index (χ4n) is 3.09. The van der Waals surface area contributed by atoms with E-state index in [-0.39, 0.29) is 0 Å². The predicted molar refractivity (Wildman–Crippen MR) is 85.0 cm³/mol. The summed E-state index contributed by atoms with van der Waals surface area (Å²) >= 11 is 1.98. The monoisotopic (exact) mass is 311 g/mol. The van der Waals surface area contributed by atoms with E-state index in [1.165, 1.54) is 16.9 Å². The average molecular weight is 311 g/mol. The first-order chi connectivity index (χ1) is 9.64. The van der Waals surface area contributed by atoms with Gasteiger partial charge in [0.05, 0.1) is 11.5 Å². The molecular weight excluding hydrogens is 290 g/mol. The summed E-state index contributed by atoms with van der Waals surface area (Å²) in [6, 6.07) is 9.00. The summed E-state index contributed by atoms with van der Waals surface area (Å²) in [4.78, 5) is 0. The summed E-state index contributed by atoms with van der Waals surface area (Å²) in [5.41, 5.74) is 2.84. The van der Waals surface area contributed by atoms with Gasteiger partial charge in [0, 0.05) is 11.8 Å². The second-order valence-electron chi connectivity index (χ2n) is 5.75. The maximum atomic E-state index is 11.5. The van der Waals surface area contributed by atoms with Crippen LogP contribution < -0.4 is 5.32 Å². The molecule has 0 saturated carbocycles. The van der Waals surface area contributed by atoms with Crippen LogP contribution in [0.4, 0.5) is 0 Å². The highest BCUT2D eigenvalue weighted by molar-refractivity contribution is 7.99. The maximum absolute atomic E-state index is 11.5. The minimum Gasteiger partial charge on any atom is -0.309 e. The van der Waals surface area contributed by atoms with Crippen LogP contribution in [0.15, 0.2) is 24.3 Å². The number of rotatable bonds is 3. The number of nitrogens with one attached hydrogen (secondary N) is 1. The Morgan fingerprint density at radius 3 is 2.95 bits per heavy atom. The van der Waals surface area contributed by atoms with Gasteiger partial charge in [-0.25, -0.2) is 8.42 Å². The Morgan fingerprint density at radius 1 is 1.30 bits per heavy atom. The third-order valence-corrected chi connectivity index (χ3v) is 7.11. The number of thioether (sulfide) groups is 1. The summed E-state index contributed by atoms with van der Waals surface area (Å²) in [5, 5.41) is 3.61. The van der Waals surface area contributed by atoms with E-state index in [4.69, 9.17) is 0 Å². The standard InChI is InChI=1S/C15H21NO2S2/c17-20(18)8-6-12(11-20)9-16-15-10-19-7-5-13-3-1-2-4-14(13)15/h1-4,12,15-16H,5-11H2/t12-,15+/m1/s1. The SMILES string of the molecule is O=S1(=O)CC[C@H](CN[C@H]2CSCCc3ccccc32)C1. The first kappa shape index (κ1) is 14.4. The van der Waals surface area contributed by atoms with Crippen LogP contribution in [-0.2, 0) is 16.3 Å². The van der Waals surface area contributed by atoms with E-state index in [9.17, 15) is 8.42 Å². The Bertz CT molecular complexity index is 571. The molecule has 5 heteroatoms. The van der Waals surface area contributed by atoms with Crippen LogP contribution in [0, 0.1) is 5.92 Å². The molecule has 2 heterocycles. The largest absolute Gasteiger partial charge is 0.309 e. The molecular formula is C15H21NO2S2. The number of hydrogen-bond acceptors (Lipinski definition) is 4. The molecule has 1 fully saturated rings. The van der Waals surface area contributed by atoms with Crippen molar-refractivity contribution in [3.05, 3.63) is 35.4 Å². The van der Waals surface area contributed by atoms with Crippen LogP contribution in [0.1, 0.15) is 23.6 Å². The molecule has 3 rings (SSSR count). The van der Waals surface area contributed by atoms with Crippen LogP contribution in [0.2, 0.25) is 0 Å². The van der Waals surface area contributed by atoms with E-state index in [1.807, 2.05) is 11.8 Å². The number of aryl methyl sites for hydroxylation is 1. The third-order valence-electron chi connectivity index (χ3n) is 4.21. The molecule has 20 heavy (non-hydrogen) atoms. The zero-order chi connectivity index (χ0) is 14.0. The normalized spacial score (nSPS) is 28.8. The number of fused-ring (bicyclic) bond motifs is 1. The second kappa shape index (κ2) is 6.08. The van der Waals surface area contributed by atoms with Crippen LogP contribution in [0.3, 0.4) is 0 Å². The molecule has 1 N–H and O–H groups in total. The lowest BCUT2D eigenvalue weighted by atomic mass is 9.99. The van der Waals surface area contributed by atoms with Crippen molar-refractivity contribution >= 4 is 21.6 Å². The van der Waals surface area contributed by atoms with Gasteiger partial charge in [-0.15, -0.1) is 0 Å². The summed E-state index contributed by atoms with van der Waals surface area (Å²) in [6.07, 6.45) is 1.95. The molecule has 0 aliphatic carbocycles. The Labute approximate surface area is 125 Å². The van der Waals surface area contributed by atoms with Crippen molar-refractivity contribution in [2.75, 3.05) is 29.6 Å². The molecule has 0 spiro atoms. The van der Waals surface area contributed by atoms with Crippen molar-refractivity contribution < 1.29 is 8.42 Å². The maximum Gasteiger partial charge on any atom is 0.150 e. The van der Waals surface area contributed by atoms with Crippen molar-refractivity contribution in [3.63, 3.8) is 0 Å². The lowest BCUT2D eigenvalue weighted by Crippen LogP contribution is -2.29. The molecule has 2 aliphatic heterocycles. The average Bonchev–Trinajstić information content (AvgIpc) is 2.67. The molecule has 3 nitrogen and oxygen atoms in total. The number of benzene rings is 1. The highest BCUT2D eigenvalue weighted by Gasteiger charge is 2.28. The highest BCUT2D eigenvalue weighted by Crippen LogP contribution is 2.28. The van der Waals surface area contributed by atoms with Gasteiger partial charge in [0.15, 0.2) is 9.84 Å². The van der Waals surface area contributed by atoms with Gasteiger partial charge in [-0.3, -0.25) is 0 Å². The van der Waals surface area contributed by atoms with Gasteiger partial charge >= 0.3 is 0 Å². The van der Waals surface area contributed by atoms with Crippen molar-refractivity contribution in [2.24, 2.45) is 5.92 Å². The van der Waals surface area contributed by atoms with E-state index in [1.54, 1.807) is 0 Å². The highest BCUT2D eigenvalue weighted by atomic mass is 32.2. The summed E-state index contributed by atoms with van der Waals surface area (Å²) < 4.78 is 23.0. The Hall–Kier alpha value is -0.520. The Balaban J connectivity index is 1.66. The molecule has 0 amide bonds. The van der Waals surface area contributed by atoms with Gasteiger partial charge in [0.2, 0.25) is 0 Å². The van der Waals surface area contributed by atoms with Crippen LogP contribution in [-0.4, -0.2) is 38.0 Å². The van der Waals surface area contributed by atoms with Crippen molar-refractivity contribution in [3.8, 4) is 0 Å². The predicted octanol–water partition coefficient (Wildman–Crippen LogP) is 2.04. The first-order valence-electron chi connectivity index (χ1n) is 7.23. The van der Waals surface area contributed by atoms with Gasteiger partial charge < -0.3 is 5.32 Å². The van der Waals surface area contributed by atoms with E-state index < -0.39 is 9.84 Å². The van der Waals surface area contributed by atoms with E-state index in [0.717, 1.165) is 25.1 Å². The van der Waals surface area contributed by atoms with Crippen molar-refractivity contribution in [1.29, 1.82) is 0 Å². The molecule has 2 atom stereocenters. The molecule has 0 radical (unpaired) electrons. The summed E-state index contributed by atoms with van der Waals surface area (Å²) in [5.74, 6) is 3.28. The van der Waals surface area contributed by atoms with E-state index >= 15 is 0 Å². The quantitative estimate of drug-likeness (QED) is 0.928. The van der Waals surface area contributed by atoms with Crippen LogP contribution in [0.5, 0.6) is 0 Å². The van der Waals surface area contributed by atoms with Crippen molar-refractivity contribution in [1.82, 2.24) is 5.32 Å². The van der Waals surface area contributed by atoms with E-state index in [2.05, 4.69) is 29.6 Å². The molecule has 1 aromatic rings. The summed E-state index contributed by atoms with van der Waals surface area (Å²) in [6.45, 7) is 0.818. The fourth-order valence-corrected chi connectivity index (χ4v) is 6.01. The molecule has 0 unspecified atom stereocenters. The topological polar surface area (TPSA) is 46.2 Å². The number of sulfone groups is 1. The molecule has 110 valence electrons. The van der Waals surface area contributed by atoms with Gasteiger partial charge in [0.1, 0.15) is 0 Å². The summed E-state index contributed by atoms with van der Waals surface area (Å²) in [7, 11) is -2.76. The molecule has 2 aliphatic rings. The van der Waals surface area contributed by atoms with Gasteiger partial charge in [0.25, 0.3) is 0 Å². The molecule has 0 aromatic heterocycles. The first-order valence-corrected chi connectivity index (χ1v) is 10.2. The Morgan fingerprint density at radius 2 is 2.15 bits per heavy atom. The smallest absolute Gasteiger partial charge is 0.150 e. The van der Waals surface area contributed by atoms with Gasteiger partial charge in [-0.1, -0.05) is 24.3 Å². The van der Waals surface area contributed by atoms with Crippen LogP contribution >= 0.6 is 11.8 Å².